The van der Waals surface area contributed by atoms with Crippen molar-refractivity contribution in [3.8, 4) is 0 Å². The molecule has 2 nitrogen and oxygen atoms in total. The largest absolute Gasteiger partial charge is 0.320 e. The van der Waals surface area contributed by atoms with E-state index in [0.29, 0.717) is 5.41 Å². The van der Waals surface area contributed by atoms with E-state index < -0.39 is 0 Å². The average molecular weight is 186 g/mol. The third kappa shape index (κ3) is 9.84. The molecular formula is C11H26N2. The molecule has 0 spiro atoms. The molecule has 0 unspecified atom stereocenters. The number of nitrogens with zero attached hydrogens (tertiary/aromatic N) is 1. The first-order chi connectivity index (χ1) is 5.95. The van der Waals surface area contributed by atoms with Crippen molar-refractivity contribution in [1.82, 2.24) is 10.2 Å². The molecule has 2 heteroatoms. The summed E-state index contributed by atoms with van der Waals surface area (Å²) in [5.74, 6) is 0. The van der Waals surface area contributed by atoms with Crippen molar-refractivity contribution in [2.24, 2.45) is 5.41 Å². The molecule has 0 aromatic heterocycles. The van der Waals surface area contributed by atoms with Crippen molar-refractivity contribution in [3.63, 3.8) is 0 Å². The number of hydrogen-bond donors (Lipinski definition) is 1. The first kappa shape index (κ1) is 12.9. The van der Waals surface area contributed by atoms with Crippen molar-refractivity contribution >= 4 is 0 Å². The van der Waals surface area contributed by atoms with Gasteiger partial charge in [0.25, 0.3) is 0 Å². The lowest BCUT2D eigenvalue weighted by molar-refractivity contribution is 0.224. The molecule has 0 aromatic rings. The molecule has 0 atom stereocenters. The predicted octanol–water partition coefficient (Wildman–Crippen LogP) is 1.96. The Morgan fingerprint density at radius 1 is 1.15 bits per heavy atom. The maximum absolute atomic E-state index is 3.17. The topological polar surface area (TPSA) is 15.3 Å². The van der Waals surface area contributed by atoms with Gasteiger partial charge in [-0.3, -0.25) is 0 Å². The van der Waals surface area contributed by atoms with Gasteiger partial charge in [-0.2, -0.15) is 0 Å². The standard InChI is InChI=1S/C11H26N2/c1-11(2,3)10-13(5)9-7-6-8-12-4/h12H,6-10H2,1-5H3. The van der Waals surface area contributed by atoms with Crippen LogP contribution in [0.2, 0.25) is 0 Å². The van der Waals surface area contributed by atoms with Crippen LogP contribution in [0.15, 0.2) is 0 Å². The van der Waals surface area contributed by atoms with Crippen LogP contribution >= 0.6 is 0 Å². The molecule has 0 radical (unpaired) electrons. The molecule has 0 amide bonds. The lowest BCUT2D eigenvalue weighted by atomic mass is 9.96. The van der Waals surface area contributed by atoms with E-state index in [1.807, 2.05) is 7.05 Å². The summed E-state index contributed by atoms with van der Waals surface area (Å²) in [6.45, 7) is 10.4. The van der Waals surface area contributed by atoms with Gasteiger partial charge >= 0.3 is 0 Å². The summed E-state index contributed by atoms with van der Waals surface area (Å²) in [5.41, 5.74) is 0.428. The molecular weight excluding hydrogens is 160 g/mol. The summed E-state index contributed by atoms with van der Waals surface area (Å²) in [7, 11) is 4.23. The second-order valence-corrected chi connectivity index (χ2v) is 5.11. The fourth-order valence-electron chi connectivity index (χ4n) is 1.57. The van der Waals surface area contributed by atoms with Crippen LogP contribution in [-0.4, -0.2) is 38.6 Å². The van der Waals surface area contributed by atoms with Crippen LogP contribution in [0.25, 0.3) is 0 Å². The van der Waals surface area contributed by atoms with Gasteiger partial charge in [0, 0.05) is 6.54 Å². The van der Waals surface area contributed by atoms with Crippen molar-refractivity contribution in [3.05, 3.63) is 0 Å². The van der Waals surface area contributed by atoms with Crippen molar-refractivity contribution in [1.29, 1.82) is 0 Å². The number of unbranched alkanes of at least 4 members (excludes halogenated alkanes) is 1. The Morgan fingerprint density at radius 2 is 1.77 bits per heavy atom. The zero-order chi connectivity index (χ0) is 10.3. The van der Waals surface area contributed by atoms with Crippen LogP contribution in [0, 0.1) is 5.41 Å². The third-order valence-electron chi connectivity index (χ3n) is 1.96. The summed E-state index contributed by atoms with van der Waals surface area (Å²) in [6.07, 6.45) is 2.58. The lowest BCUT2D eigenvalue weighted by Crippen LogP contribution is -2.30. The van der Waals surface area contributed by atoms with Crippen molar-refractivity contribution in [2.75, 3.05) is 33.7 Å². The highest BCUT2D eigenvalue weighted by molar-refractivity contribution is 4.66. The van der Waals surface area contributed by atoms with E-state index in [0.717, 1.165) is 6.54 Å². The Labute approximate surface area is 83.7 Å². The maximum atomic E-state index is 3.17. The van der Waals surface area contributed by atoms with Crippen LogP contribution in [0.5, 0.6) is 0 Å². The molecule has 0 aliphatic rings. The Bertz CT molecular complexity index is 116. The van der Waals surface area contributed by atoms with Gasteiger partial charge < -0.3 is 10.2 Å². The molecule has 80 valence electrons. The first-order valence-corrected chi connectivity index (χ1v) is 5.29. The average Bonchev–Trinajstić information content (AvgIpc) is 1.94. The molecule has 0 fully saturated rings. The molecule has 0 saturated heterocycles. The summed E-state index contributed by atoms with van der Waals surface area (Å²) in [4.78, 5) is 2.43. The highest BCUT2D eigenvalue weighted by Gasteiger charge is 2.12. The van der Waals surface area contributed by atoms with Crippen LogP contribution in [0.3, 0.4) is 0 Å². The minimum atomic E-state index is 0.428. The van der Waals surface area contributed by atoms with Gasteiger partial charge in [0.1, 0.15) is 0 Å². The molecule has 13 heavy (non-hydrogen) atoms. The van der Waals surface area contributed by atoms with Crippen LogP contribution in [0.4, 0.5) is 0 Å². The summed E-state index contributed by atoms with van der Waals surface area (Å²) >= 11 is 0. The van der Waals surface area contributed by atoms with Gasteiger partial charge in [0.05, 0.1) is 0 Å². The number of rotatable bonds is 6. The van der Waals surface area contributed by atoms with Crippen LogP contribution in [-0.2, 0) is 0 Å². The Kier molecular flexibility index (Phi) is 6.35. The van der Waals surface area contributed by atoms with E-state index in [-0.39, 0.29) is 0 Å². The van der Waals surface area contributed by atoms with Gasteiger partial charge in [0.15, 0.2) is 0 Å². The third-order valence-corrected chi connectivity index (χ3v) is 1.96. The fraction of sp³-hybridized carbons (Fsp3) is 1.00. The molecule has 0 heterocycles. The van der Waals surface area contributed by atoms with E-state index in [4.69, 9.17) is 0 Å². The van der Waals surface area contributed by atoms with Crippen LogP contribution in [0.1, 0.15) is 33.6 Å². The zero-order valence-corrected chi connectivity index (χ0v) is 9.98. The molecule has 1 N–H and O–H groups in total. The minimum Gasteiger partial charge on any atom is -0.320 e. The van der Waals surface area contributed by atoms with Gasteiger partial charge in [-0.1, -0.05) is 20.8 Å². The van der Waals surface area contributed by atoms with Crippen molar-refractivity contribution < 1.29 is 0 Å². The van der Waals surface area contributed by atoms with Gasteiger partial charge in [-0.25, -0.2) is 0 Å². The lowest BCUT2D eigenvalue weighted by Gasteiger charge is -2.26. The normalized spacial score (nSPS) is 12.5. The second-order valence-electron chi connectivity index (χ2n) is 5.11. The monoisotopic (exact) mass is 186 g/mol. The van der Waals surface area contributed by atoms with Gasteiger partial charge in [-0.15, -0.1) is 0 Å². The van der Waals surface area contributed by atoms with Gasteiger partial charge in [-0.05, 0) is 45.4 Å². The Hall–Kier alpha value is -0.0800. The Morgan fingerprint density at radius 3 is 2.23 bits per heavy atom. The SMILES string of the molecule is CNCCCCN(C)CC(C)(C)C. The zero-order valence-electron chi connectivity index (χ0n) is 9.98. The quantitative estimate of drug-likeness (QED) is 0.638. The summed E-state index contributed by atoms with van der Waals surface area (Å²) in [5, 5.41) is 3.17. The molecule has 0 aromatic carbocycles. The number of hydrogen-bond acceptors (Lipinski definition) is 2. The van der Waals surface area contributed by atoms with E-state index in [1.54, 1.807) is 0 Å². The van der Waals surface area contributed by atoms with E-state index in [9.17, 15) is 0 Å². The highest BCUT2D eigenvalue weighted by atomic mass is 15.1. The first-order valence-electron chi connectivity index (χ1n) is 5.29. The van der Waals surface area contributed by atoms with Crippen LogP contribution < -0.4 is 5.32 Å². The highest BCUT2D eigenvalue weighted by Crippen LogP contribution is 2.14. The molecule has 0 rings (SSSR count). The van der Waals surface area contributed by atoms with E-state index in [1.165, 1.54) is 25.9 Å². The Balaban J connectivity index is 3.35. The molecule has 0 aliphatic heterocycles. The molecule has 0 bridgehead atoms. The smallest absolute Gasteiger partial charge is 0.00270 e. The summed E-state index contributed by atoms with van der Waals surface area (Å²) < 4.78 is 0. The van der Waals surface area contributed by atoms with E-state index in [2.05, 4.69) is 38.0 Å². The predicted molar refractivity (Wildman–Crippen MR) is 60.1 cm³/mol. The number of nitrogens with one attached hydrogen (secondary N) is 1. The molecule has 0 saturated carbocycles. The fourth-order valence-corrected chi connectivity index (χ4v) is 1.57. The summed E-state index contributed by atoms with van der Waals surface area (Å²) in [6, 6.07) is 0. The van der Waals surface area contributed by atoms with Crippen molar-refractivity contribution in [2.45, 2.75) is 33.6 Å². The molecule has 0 aliphatic carbocycles. The van der Waals surface area contributed by atoms with Gasteiger partial charge in [0.2, 0.25) is 0 Å². The van der Waals surface area contributed by atoms with E-state index >= 15 is 0 Å². The second kappa shape index (κ2) is 6.39. The minimum absolute atomic E-state index is 0.428. The maximum Gasteiger partial charge on any atom is 0.00270 e.